The maximum Gasteiger partial charge on any atom is 0.203 e. The summed E-state index contributed by atoms with van der Waals surface area (Å²) in [6.07, 6.45) is 0. The molecule has 0 aliphatic heterocycles. The molecular weight excluding hydrogens is 212 g/mol. The van der Waals surface area contributed by atoms with E-state index in [1.807, 2.05) is 12.1 Å². The molecule has 0 saturated carbocycles. The third kappa shape index (κ3) is 2.88. The maximum absolute atomic E-state index is 8.64. The molecule has 0 amide bonds. The van der Waals surface area contributed by atoms with Gasteiger partial charge in [0.15, 0.2) is 0 Å². The Labute approximate surface area is 101 Å². The maximum atomic E-state index is 8.64. The fourth-order valence-corrected chi connectivity index (χ4v) is 1.80. The summed E-state index contributed by atoms with van der Waals surface area (Å²) in [5, 5.41) is 11.9. The minimum absolute atomic E-state index is 0.349. The van der Waals surface area contributed by atoms with Gasteiger partial charge in [0, 0.05) is 5.69 Å². The van der Waals surface area contributed by atoms with E-state index < -0.39 is 0 Å². The van der Waals surface area contributed by atoms with Crippen molar-refractivity contribution in [1.82, 2.24) is 0 Å². The Morgan fingerprint density at radius 1 is 1.18 bits per heavy atom. The fraction of sp³-hybridized carbons (Fsp3) is 0.214. The van der Waals surface area contributed by atoms with Crippen molar-refractivity contribution in [2.24, 2.45) is 0 Å². The number of hydrogen-bond acceptors (Lipinski definition) is 3. The first-order chi connectivity index (χ1) is 8.17. The van der Waals surface area contributed by atoms with Crippen molar-refractivity contribution >= 4 is 5.69 Å². The van der Waals surface area contributed by atoms with Crippen LogP contribution in [0.3, 0.4) is 0 Å². The van der Waals surface area contributed by atoms with E-state index in [0.29, 0.717) is 12.3 Å². The summed E-state index contributed by atoms with van der Waals surface area (Å²) in [6, 6.07) is 11.8. The van der Waals surface area contributed by atoms with Crippen LogP contribution >= 0.6 is 0 Å². The number of benzene rings is 1. The van der Waals surface area contributed by atoms with Crippen molar-refractivity contribution < 1.29 is 4.42 Å². The van der Waals surface area contributed by atoms with Gasteiger partial charge in [-0.3, -0.25) is 0 Å². The molecule has 86 valence electrons. The van der Waals surface area contributed by atoms with Crippen molar-refractivity contribution in [3.05, 3.63) is 53.0 Å². The number of nitrogens with zero attached hydrogens (tertiary/aromatic N) is 1. The first-order valence-corrected chi connectivity index (χ1v) is 5.48. The predicted molar refractivity (Wildman–Crippen MR) is 66.7 cm³/mol. The zero-order valence-electron chi connectivity index (χ0n) is 9.95. The number of nitrogens with one attached hydrogen (secondary N) is 1. The Balaban J connectivity index is 2.04. The van der Waals surface area contributed by atoms with Gasteiger partial charge >= 0.3 is 0 Å². The summed E-state index contributed by atoms with van der Waals surface area (Å²) in [7, 11) is 0. The van der Waals surface area contributed by atoms with Gasteiger partial charge in [-0.2, -0.15) is 5.26 Å². The first-order valence-electron chi connectivity index (χ1n) is 5.48. The third-order valence-corrected chi connectivity index (χ3v) is 2.46. The van der Waals surface area contributed by atoms with Gasteiger partial charge in [-0.25, -0.2) is 0 Å². The molecule has 0 atom stereocenters. The van der Waals surface area contributed by atoms with Gasteiger partial charge in [0.2, 0.25) is 5.76 Å². The van der Waals surface area contributed by atoms with Crippen molar-refractivity contribution in [3.8, 4) is 6.07 Å². The molecule has 0 unspecified atom stereocenters. The summed E-state index contributed by atoms with van der Waals surface area (Å²) in [5.74, 6) is 1.11. The van der Waals surface area contributed by atoms with E-state index in [0.717, 1.165) is 11.4 Å². The molecule has 1 aromatic heterocycles. The number of hydrogen-bond donors (Lipinski definition) is 1. The normalized spacial score (nSPS) is 9.94. The smallest absolute Gasteiger partial charge is 0.203 e. The molecule has 2 aromatic rings. The SMILES string of the molecule is Cc1cc(C)cc(NCc2ccc(C#N)o2)c1. The lowest BCUT2D eigenvalue weighted by atomic mass is 10.1. The topological polar surface area (TPSA) is 49.0 Å². The molecule has 3 heteroatoms. The number of furan rings is 1. The predicted octanol–water partition coefficient (Wildman–Crippen LogP) is 3.38. The summed E-state index contributed by atoms with van der Waals surface area (Å²) in [5.41, 5.74) is 3.52. The van der Waals surface area contributed by atoms with E-state index in [4.69, 9.17) is 9.68 Å². The molecular formula is C14H14N2O. The number of rotatable bonds is 3. The molecule has 0 bridgehead atoms. The summed E-state index contributed by atoms with van der Waals surface area (Å²) >= 11 is 0. The van der Waals surface area contributed by atoms with Gasteiger partial charge in [-0.15, -0.1) is 0 Å². The average Bonchev–Trinajstić information content (AvgIpc) is 2.73. The number of nitriles is 1. The molecule has 0 radical (unpaired) electrons. The van der Waals surface area contributed by atoms with Gasteiger partial charge in [0.25, 0.3) is 0 Å². The van der Waals surface area contributed by atoms with E-state index in [1.54, 1.807) is 6.07 Å². The lowest BCUT2D eigenvalue weighted by Gasteiger charge is -2.06. The van der Waals surface area contributed by atoms with Crippen LogP contribution < -0.4 is 5.32 Å². The monoisotopic (exact) mass is 226 g/mol. The quantitative estimate of drug-likeness (QED) is 0.872. The Bertz CT molecular complexity index is 544. The molecule has 0 aliphatic carbocycles. The Kier molecular flexibility index (Phi) is 3.15. The van der Waals surface area contributed by atoms with Crippen molar-refractivity contribution in [2.75, 3.05) is 5.32 Å². The van der Waals surface area contributed by atoms with Crippen LogP contribution in [0.4, 0.5) is 5.69 Å². The molecule has 2 rings (SSSR count). The van der Waals surface area contributed by atoms with E-state index in [1.165, 1.54) is 11.1 Å². The van der Waals surface area contributed by atoms with E-state index in [-0.39, 0.29) is 0 Å². The van der Waals surface area contributed by atoms with E-state index in [9.17, 15) is 0 Å². The third-order valence-electron chi connectivity index (χ3n) is 2.46. The number of anilines is 1. The van der Waals surface area contributed by atoms with Gasteiger partial charge in [0.1, 0.15) is 11.8 Å². The van der Waals surface area contributed by atoms with Crippen molar-refractivity contribution in [3.63, 3.8) is 0 Å². The summed E-state index contributed by atoms with van der Waals surface area (Å²) < 4.78 is 5.29. The van der Waals surface area contributed by atoms with Gasteiger partial charge in [-0.1, -0.05) is 6.07 Å². The first kappa shape index (κ1) is 11.3. The lowest BCUT2D eigenvalue weighted by Crippen LogP contribution is -1.98. The number of aryl methyl sites for hydroxylation is 2. The highest BCUT2D eigenvalue weighted by Gasteiger charge is 2.01. The van der Waals surface area contributed by atoms with Crippen LogP contribution in [0, 0.1) is 25.2 Å². The summed E-state index contributed by atoms with van der Waals surface area (Å²) in [4.78, 5) is 0. The van der Waals surface area contributed by atoms with Gasteiger partial charge < -0.3 is 9.73 Å². The second kappa shape index (κ2) is 4.75. The zero-order valence-corrected chi connectivity index (χ0v) is 9.95. The van der Waals surface area contributed by atoms with Gasteiger partial charge in [0.05, 0.1) is 6.54 Å². The molecule has 0 aliphatic rings. The van der Waals surface area contributed by atoms with Crippen LogP contribution in [0.1, 0.15) is 22.6 Å². The molecule has 0 spiro atoms. The molecule has 1 heterocycles. The molecule has 17 heavy (non-hydrogen) atoms. The molecule has 3 nitrogen and oxygen atoms in total. The van der Waals surface area contributed by atoms with Crippen LogP contribution in [-0.2, 0) is 6.54 Å². The molecule has 0 saturated heterocycles. The Hall–Kier alpha value is -2.21. The van der Waals surface area contributed by atoms with Crippen LogP contribution in [0.5, 0.6) is 0 Å². The minimum atomic E-state index is 0.349. The highest BCUT2D eigenvalue weighted by atomic mass is 16.3. The standard InChI is InChI=1S/C14H14N2O/c1-10-5-11(2)7-12(6-10)16-9-14-4-3-13(8-15)17-14/h3-7,16H,9H2,1-2H3. The van der Waals surface area contributed by atoms with Gasteiger partial charge in [-0.05, 0) is 49.2 Å². The van der Waals surface area contributed by atoms with Crippen LogP contribution in [-0.4, -0.2) is 0 Å². The van der Waals surface area contributed by atoms with Crippen molar-refractivity contribution in [2.45, 2.75) is 20.4 Å². The molecule has 1 N–H and O–H groups in total. The van der Waals surface area contributed by atoms with E-state index in [2.05, 4.69) is 37.4 Å². The van der Waals surface area contributed by atoms with Crippen LogP contribution in [0.15, 0.2) is 34.7 Å². The summed E-state index contributed by atoms with van der Waals surface area (Å²) in [6.45, 7) is 4.72. The Morgan fingerprint density at radius 3 is 2.47 bits per heavy atom. The Morgan fingerprint density at radius 2 is 1.88 bits per heavy atom. The van der Waals surface area contributed by atoms with E-state index >= 15 is 0 Å². The van der Waals surface area contributed by atoms with Crippen LogP contribution in [0.2, 0.25) is 0 Å². The second-order valence-electron chi connectivity index (χ2n) is 4.11. The second-order valence-corrected chi connectivity index (χ2v) is 4.11. The molecule has 1 aromatic carbocycles. The van der Waals surface area contributed by atoms with Crippen LogP contribution in [0.25, 0.3) is 0 Å². The molecule has 0 fully saturated rings. The largest absolute Gasteiger partial charge is 0.449 e. The fourth-order valence-electron chi connectivity index (χ4n) is 1.80. The highest BCUT2D eigenvalue weighted by Crippen LogP contribution is 2.15. The van der Waals surface area contributed by atoms with Crippen molar-refractivity contribution in [1.29, 1.82) is 5.26 Å². The lowest BCUT2D eigenvalue weighted by molar-refractivity contribution is 0.506. The highest BCUT2D eigenvalue weighted by molar-refractivity contribution is 5.48. The minimum Gasteiger partial charge on any atom is -0.449 e. The average molecular weight is 226 g/mol. The zero-order chi connectivity index (χ0) is 12.3.